The third-order valence-corrected chi connectivity index (χ3v) is 4.29. The van der Waals surface area contributed by atoms with Crippen LogP contribution in [0.4, 0.5) is 5.69 Å². The minimum Gasteiger partial charge on any atom is -0.296 e. The second kappa shape index (κ2) is 11.8. The van der Waals surface area contributed by atoms with Crippen LogP contribution < -0.4 is 0 Å². The van der Waals surface area contributed by atoms with Crippen LogP contribution in [0.1, 0.15) is 55.6 Å². The van der Waals surface area contributed by atoms with E-state index < -0.39 is 0 Å². The van der Waals surface area contributed by atoms with Crippen LogP contribution in [0.3, 0.4) is 0 Å². The Labute approximate surface area is 176 Å². The third-order valence-electron chi connectivity index (χ3n) is 4.29. The highest BCUT2D eigenvalue weighted by Gasteiger charge is 2.15. The Balaban J connectivity index is 0.00000204. The summed E-state index contributed by atoms with van der Waals surface area (Å²) < 4.78 is 0. The van der Waals surface area contributed by atoms with E-state index in [1.54, 1.807) is 14.1 Å². The van der Waals surface area contributed by atoms with Crippen LogP contribution in [0.5, 0.6) is 0 Å². The highest BCUT2D eigenvalue weighted by Crippen LogP contribution is 2.33. The molecule has 0 radical (unpaired) electrons. The summed E-state index contributed by atoms with van der Waals surface area (Å²) in [5, 5.41) is 8.03. The molecule has 0 saturated carbocycles. The highest BCUT2D eigenvalue weighted by molar-refractivity contribution is 6.12. The highest BCUT2D eigenvalue weighted by atomic mass is 15.1. The number of nitrogens with zero attached hydrogens (tertiary/aromatic N) is 4. The summed E-state index contributed by atoms with van der Waals surface area (Å²) in [5.74, 6) is 0.411. The van der Waals surface area contributed by atoms with Crippen LogP contribution in [0.25, 0.3) is 11.1 Å². The van der Waals surface area contributed by atoms with E-state index in [2.05, 4.69) is 52.8 Å². The molecule has 154 valence electrons. The fraction of sp³-hybridized carbons (Fsp3) is 0.360. The number of azo groups is 1. The van der Waals surface area contributed by atoms with Crippen LogP contribution in [-0.2, 0) is 0 Å². The van der Waals surface area contributed by atoms with Crippen molar-refractivity contribution < 1.29 is 0 Å². The predicted octanol–water partition coefficient (Wildman–Crippen LogP) is 7.24. The molecule has 0 aliphatic heterocycles. The van der Waals surface area contributed by atoms with E-state index in [9.17, 15) is 0 Å². The summed E-state index contributed by atoms with van der Waals surface area (Å²) in [6.07, 6.45) is 5.96. The van der Waals surface area contributed by atoms with Crippen molar-refractivity contribution in [3.05, 3.63) is 71.1 Å². The number of aryl methyl sites for hydroxylation is 2. The van der Waals surface area contributed by atoms with Crippen molar-refractivity contribution in [2.75, 3.05) is 14.1 Å². The Morgan fingerprint density at radius 3 is 2.34 bits per heavy atom. The van der Waals surface area contributed by atoms with Crippen molar-refractivity contribution >= 4 is 23.0 Å². The minimum atomic E-state index is 0.411. The number of hydrogen-bond donors (Lipinski definition) is 0. The minimum absolute atomic E-state index is 0.411. The maximum Gasteiger partial charge on any atom is 0.0881 e. The summed E-state index contributed by atoms with van der Waals surface area (Å²) in [4.78, 5) is 8.76. The number of benzene rings is 1. The molecule has 0 aliphatic carbocycles. The van der Waals surface area contributed by atoms with Gasteiger partial charge in [0, 0.05) is 37.8 Å². The van der Waals surface area contributed by atoms with Gasteiger partial charge in [-0.25, -0.2) is 0 Å². The summed E-state index contributed by atoms with van der Waals surface area (Å²) in [5.41, 5.74) is 8.12. The second-order valence-electron chi connectivity index (χ2n) is 6.85. The molecule has 0 bridgehead atoms. The largest absolute Gasteiger partial charge is 0.296 e. The molecular formula is C25H34N4. The zero-order valence-electron chi connectivity index (χ0n) is 19.1. The van der Waals surface area contributed by atoms with Gasteiger partial charge in [-0.2, -0.15) is 10.2 Å². The normalized spacial score (nSPS) is 11.8. The van der Waals surface area contributed by atoms with Crippen LogP contribution in [-0.4, -0.2) is 25.3 Å². The van der Waals surface area contributed by atoms with E-state index >= 15 is 0 Å². The number of aliphatic imine (C=N–C) groups is 1. The molecular weight excluding hydrogens is 356 g/mol. The molecule has 0 fully saturated rings. The van der Waals surface area contributed by atoms with E-state index in [1.165, 1.54) is 0 Å². The molecule has 4 nitrogen and oxygen atoms in total. The molecule has 1 heterocycles. The Bertz CT molecular complexity index is 918. The lowest BCUT2D eigenvalue weighted by Gasteiger charge is -2.16. The van der Waals surface area contributed by atoms with Crippen molar-refractivity contribution in [3.8, 4) is 0 Å². The van der Waals surface area contributed by atoms with E-state index in [4.69, 9.17) is 0 Å². The van der Waals surface area contributed by atoms with Gasteiger partial charge in [0.25, 0.3) is 0 Å². The maximum atomic E-state index is 4.51. The smallest absolute Gasteiger partial charge is 0.0881 e. The lowest BCUT2D eigenvalue weighted by molar-refractivity contribution is 0.835. The van der Waals surface area contributed by atoms with E-state index in [1.807, 2.05) is 58.3 Å². The zero-order chi connectivity index (χ0) is 22.0. The van der Waals surface area contributed by atoms with Crippen LogP contribution in [0.2, 0.25) is 0 Å². The molecule has 0 aliphatic rings. The Morgan fingerprint density at radius 2 is 1.79 bits per heavy atom. The van der Waals surface area contributed by atoms with E-state index in [0.717, 1.165) is 44.8 Å². The molecule has 0 amide bonds. The third kappa shape index (κ3) is 6.31. The van der Waals surface area contributed by atoms with Crippen LogP contribution in [0, 0.1) is 19.8 Å². The topological polar surface area (TPSA) is 50.0 Å². The average Bonchev–Trinajstić information content (AvgIpc) is 2.70. The van der Waals surface area contributed by atoms with Gasteiger partial charge in [0.1, 0.15) is 0 Å². The molecule has 29 heavy (non-hydrogen) atoms. The molecule has 1 aromatic carbocycles. The van der Waals surface area contributed by atoms with Crippen LogP contribution >= 0.6 is 0 Å². The van der Waals surface area contributed by atoms with Crippen LogP contribution in [0.15, 0.2) is 58.3 Å². The lowest BCUT2D eigenvalue weighted by atomic mass is 9.89. The van der Waals surface area contributed by atoms with Gasteiger partial charge in [-0.05, 0) is 65.8 Å². The first kappa shape index (κ1) is 24.2. The second-order valence-corrected chi connectivity index (χ2v) is 6.85. The van der Waals surface area contributed by atoms with Gasteiger partial charge in [0.2, 0.25) is 0 Å². The van der Waals surface area contributed by atoms with Gasteiger partial charge in [-0.15, -0.1) is 0 Å². The molecule has 0 N–H and O–H groups in total. The Kier molecular flexibility index (Phi) is 9.87. The maximum absolute atomic E-state index is 4.51. The molecule has 0 spiro atoms. The van der Waals surface area contributed by atoms with Gasteiger partial charge >= 0.3 is 0 Å². The number of allylic oxidation sites excluding steroid dienone is 2. The van der Waals surface area contributed by atoms with Gasteiger partial charge in [0.15, 0.2) is 0 Å². The fourth-order valence-electron chi connectivity index (χ4n) is 3.10. The number of aromatic nitrogens is 1. The van der Waals surface area contributed by atoms with Gasteiger partial charge < -0.3 is 0 Å². The average molecular weight is 391 g/mol. The van der Waals surface area contributed by atoms with Crippen molar-refractivity contribution in [1.82, 2.24) is 4.98 Å². The quantitative estimate of drug-likeness (QED) is 0.379. The summed E-state index contributed by atoms with van der Waals surface area (Å²) in [6.45, 7) is 16.8. The lowest BCUT2D eigenvalue weighted by Crippen LogP contribution is -2.02. The van der Waals surface area contributed by atoms with Crippen molar-refractivity contribution in [2.24, 2.45) is 21.1 Å². The number of rotatable bonds is 6. The fourth-order valence-corrected chi connectivity index (χ4v) is 3.10. The van der Waals surface area contributed by atoms with Crippen molar-refractivity contribution in [2.45, 2.75) is 41.5 Å². The van der Waals surface area contributed by atoms with E-state index in [0.29, 0.717) is 5.92 Å². The van der Waals surface area contributed by atoms with Gasteiger partial charge in [-0.1, -0.05) is 46.4 Å². The summed E-state index contributed by atoms with van der Waals surface area (Å²) in [6, 6.07) is 8.15. The molecule has 2 aromatic rings. The molecule has 1 aromatic heterocycles. The SMILES string of the molecule is C=C(c1ccc(N=NC)c(C)c1)c1c(/C(C=NC)=C/C(C)C)ccnc1C.CC. The molecule has 4 heteroatoms. The molecule has 0 atom stereocenters. The molecule has 2 rings (SSSR count). The molecule has 0 unspecified atom stereocenters. The predicted molar refractivity (Wildman–Crippen MR) is 127 cm³/mol. The summed E-state index contributed by atoms with van der Waals surface area (Å²) in [7, 11) is 3.47. The van der Waals surface area contributed by atoms with Gasteiger partial charge in [-0.3, -0.25) is 9.98 Å². The van der Waals surface area contributed by atoms with Gasteiger partial charge in [0.05, 0.1) is 5.69 Å². The first-order chi connectivity index (χ1) is 13.9. The number of pyridine rings is 1. The zero-order valence-corrected chi connectivity index (χ0v) is 19.1. The van der Waals surface area contributed by atoms with Crippen molar-refractivity contribution in [1.29, 1.82) is 0 Å². The first-order valence-electron chi connectivity index (χ1n) is 10.1. The summed E-state index contributed by atoms with van der Waals surface area (Å²) >= 11 is 0. The van der Waals surface area contributed by atoms with Crippen molar-refractivity contribution in [3.63, 3.8) is 0 Å². The standard InChI is InChI=1S/C23H28N4.C2H6/c1-15(2)12-20(14-24-6)21-10-11-26-18(5)23(21)17(4)19-8-9-22(27-25-7)16(3)13-19;1-2/h8-15H,4H2,1-3,5-7H3;1-2H3/b20-12+,24-14?,27-25?;. The Hall–Kier alpha value is -2.88. The molecule has 0 saturated heterocycles. The monoisotopic (exact) mass is 390 g/mol. The Morgan fingerprint density at radius 1 is 1.10 bits per heavy atom. The first-order valence-corrected chi connectivity index (χ1v) is 10.1. The number of hydrogen-bond acceptors (Lipinski definition) is 4. The van der Waals surface area contributed by atoms with E-state index in [-0.39, 0.29) is 0 Å².